The van der Waals surface area contributed by atoms with Crippen LogP contribution in [0.25, 0.3) is 16.0 Å². The normalized spacial score (nSPS) is 15.9. The zero-order chi connectivity index (χ0) is 32.4. The van der Waals surface area contributed by atoms with Crippen molar-refractivity contribution in [3.05, 3.63) is 70.9 Å². The van der Waals surface area contributed by atoms with E-state index < -0.39 is 0 Å². The highest BCUT2D eigenvalue weighted by Crippen LogP contribution is 2.29. The van der Waals surface area contributed by atoms with Crippen molar-refractivity contribution in [2.75, 3.05) is 18.4 Å². The number of hydrogen-bond acceptors (Lipinski definition) is 7. The fraction of sp³-hybridized carbons (Fsp3) is 0.441. The number of hydrogen-bond donors (Lipinski definition) is 2. The molecular formula is C34H42N8O2S. The summed E-state index contributed by atoms with van der Waals surface area (Å²) >= 11 is 1.34. The van der Waals surface area contributed by atoms with Gasteiger partial charge in [0.25, 0.3) is 11.8 Å². The summed E-state index contributed by atoms with van der Waals surface area (Å²) in [6, 6.07) is 13.6. The van der Waals surface area contributed by atoms with E-state index in [9.17, 15) is 14.9 Å². The van der Waals surface area contributed by atoms with Gasteiger partial charge in [0.2, 0.25) is 5.95 Å². The van der Waals surface area contributed by atoms with Gasteiger partial charge in [0, 0.05) is 38.6 Å². The lowest BCUT2D eigenvalue weighted by atomic mass is 9.93. The molecule has 11 heteroatoms. The van der Waals surface area contributed by atoms with Crippen molar-refractivity contribution in [1.29, 1.82) is 5.26 Å². The molecule has 1 aliphatic heterocycles. The van der Waals surface area contributed by atoms with Crippen LogP contribution >= 0.6 is 11.3 Å². The number of anilines is 1. The summed E-state index contributed by atoms with van der Waals surface area (Å²) in [5.74, 6) is -0.0861. The molecule has 1 aromatic carbocycles. The van der Waals surface area contributed by atoms with E-state index in [-0.39, 0.29) is 34.3 Å². The predicted molar refractivity (Wildman–Crippen MR) is 178 cm³/mol. The number of rotatable bonds is 9. The van der Waals surface area contributed by atoms with Crippen LogP contribution in [0, 0.1) is 22.2 Å². The number of carbonyl (C=O) groups is 2. The van der Waals surface area contributed by atoms with Crippen molar-refractivity contribution < 1.29 is 9.59 Å². The molecule has 2 amide bonds. The van der Waals surface area contributed by atoms with E-state index in [4.69, 9.17) is 4.98 Å². The Bertz CT molecular complexity index is 1740. The SMILES string of the molecule is CC(C)(C)/C=C(\C#N)C(=O)N1CCC[C@@H]1Cn1c(NC(=O)c2ccc(-n3cccn3)s2)nc2cc(CNCC(C)(C)C)ccc21. The molecule has 0 bridgehead atoms. The second-order valence-electron chi connectivity index (χ2n) is 13.9. The number of carbonyl (C=O) groups excluding carboxylic acids is 2. The predicted octanol–water partition coefficient (Wildman–Crippen LogP) is 6.16. The number of aromatic nitrogens is 4. The third-order valence-electron chi connectivity index (χ3n) is 7.53. The Kier molecular flexibility index (Phi) is 9.28. The number of fused-ring (bicyclic) bond motifs is 1. The molecule has 4 aromatic rings. The van der Waals surface area contributed by atoms with Crippen LogP contribution in [-0.4, -0.2) is 55.2 Å². The Labute approximate surface area is 268 Å². The van der Waals surface area contributed by atoms with Gasteiger partial charge >= 0.3 is 0 Å². The van der Waals surface area contributed by atoms with Gasteiger partial charge in [-0.2, -0.15) is 10.4 Å². The van der Waals surface area contributed by atoms with Crippen LogP contribution in [0.2, 0.25) is 0 Å². The zero-order valence-electron chi connectivity index (χ0n) is 26.9. The molecule has 0 spiro atoms. The van der Waals surface area contributed by atoms with E-state index in [1.165, 1.54) is 11.3 Å². The fourth-order valence-electron chi connectivity index (χ4n) is 5.52. The van der Waals surface area contributed by atoms with Gasteiger partial charge in [-0.15, -0.1) is 11.3 Å². The first kappa shape index (κ1) is 32.1. The maximum atomic E-state index is 13.5. The quantitative estimate of drug-likeness (QED) is 0.170. The van der Waals surface area contributed by atoms with E-state index >= 15 is 0 Å². The number of allylic oxidation sites excluding steroid dienone is 1. The van der Waals surface area contributed by atoms with Gasteiger partial charge in [0.05, 0.1) is 22.0 Å². The number of nitrogens with zero attached hydrogens (tertiary/aromatic N) is 6. The van der Waals surface area contributed by atoms with Gasteiger partial charge in [-0.3, -0.25) is 14.9 Å². The molecule has 10 nitrogen and oxygen atoms in total. The van der Waals surface area contributed by atoms with Crippen molar-refractivity contribution in [2.45, 2.75) is 73.5 Å². The van der Waals surface area contributed by atoms with Crippen LogP contribution in [0.5, 0.6) is 0 Å². The van der Waals surface area contributed by atoms with Crippen LogP contribution < -0.4 is 10.6 Å². The fourth-order valence-corrected chi connectivity index (χ4v) is 6.36. The number of benzene rings is 1. The summed E-state index contributed by atoms with van der Waals surface area (Å²) in [4.78, 5) is 34.3. The Morgan fingerprint density at radius 3 is 2.64 bits per heavy atom. The molecule has 2 N–H and O–H groups in total. The average Bonchev–Trinajstić information content (AvgIpc) is 3.78. The van der Waals surface area contributed by atoms with E-state index in [0.29, 0.717) is 30.5 Å². The third kappa shape index (κ3) is 7.88. The van der Waals surface area contributed by atoms with E-state index in [1.54, 1.807) is 27.9 Å². The highest BCUT2D eigenvalue weighted by Gasteiger charge is 2.32. The molecular weight excluding hydrogens is 584 g/mol. The molecule has 1 atom stereocenters. The lowest BCUT2D eigenvalue weighted by molar-refractivity contribution is -0.127. The molecule has 0 aliphatic carbocycles. The molecule has 236 valence electrons. The monoisotopic (exact) mass is 626 g/mol. The van der Waals surface area contributed by atoms with Crippen LogP contribution in [-0.2, 0) is 17.9 Å². The van der Waals surface area contributed by atoms with Gasteiger partial charge in [-0.25, -0.2) is 9.67 Å². The summed E-state index contributed by atoms with van der Waals surface area (Å²) in [6.07, 6.45) is 6.92. The Balaban J connectivity index is 1.45. The van der Waals surface area contributed by atoms with Crippen molar-refractivity contribution in [2.24, 2.45) is 10.8 Å². The summed E-state index contributed by atoms with van der Waals surface area (Å²) in [5, 5.41) is 21.5. The van der Waals surface area contributed by atoms with Crippen LogP contribution in [0.1, 0.15) is 69.6 Å². The van der Waals surface area contributed by atoms with Crippen molar-refractivity contribution in [1.82, 2.24) is 29.5 Å². The Morgan fingerprint density at radius 1 is 1.16 bits per heavy atom. The third-order valence-corrected chi connectivity index (χ3v) is 8.60. The zero-order valence-corrected chi connectivity index (χ0v) is 27.7. The van der Waals surface area contributed by atoms with Crippen molar-refractivity contribution in [3.63, 3.8) is 0 Å². The summed E-state index contributed by atoms with van der Waals surface area (Å²) < 4.78 is 3.72. The largest absolute Gasteiger partial charge is 0.333 e. The summed E-state index contributed by atoms with van der Waals surface area (Å²) in [5.41, 5.74) is 2.77. The van der Waals surface area contributed by atoms with E-state index in [0.717, 1.165) is 41.0 Å². The van der Waals surface area contributed by atoms with Crippen LogP contribution in [0.3, 0.4) is 0 Å². The maximum Gasteiger partial charge on any atom is 0.268 e. The molecule has 1 saturated heterocycles. The molecule has 0 saturated carbocycles. The molecule has 4 heterocycles. The topological polar surface area (TPSA) is 121 Å². The first-order valence-corrected chi connectivity index (χ1v) is 16.2. The highest BCUT2D eigenvalue weighted by atomic mass is 32.1. The number of imidazole rings is 1. The van der Waals surface area contributed by atoms with Gasteiger partial charge in [-0.1, -0.05) is 53.7 Å². The second kappa shape index (κ2) is 13.0. The standard InChI is InChI=1S/C34H42N8O2S/c1-33(2,3)18-24(19-35)31(44)40-15-7-9-25(40)21-41-27-11-10-23(20-36-22-34(4,5)6)17-26(27)38-32(41)39-30(43)28-12-13-29(45-28)42-16-8-14-37-42/h8,10-14,16-18,25,36H,7,9,15,20-22H2,1-6H3,(H,38,39,43)/b24-18+/t25-/m1/s1. The number of thiophene rings is 1. The summed E-state index contributed by atoms with van der Waals surface area (Å²) in [6.45, 7) is 15.1. The molecule has 1 aliphatic rings. The number of amides is 2. The minimum absolute atomic E-state index is 0.149. The van der Waals surface area contributed by atoms with Crippen molar-refractivity contribution in [3.8, 4) is 11.1 Å². The molecule has 45 heavy (non-hydrogen) atoms. The number of nitriles is 1. The first-order valence-electron chi connectivity index (χ1n) is 15.4. The molecule has 3 aromatic heterocycles. The smallest absolute Gasteiger partial charge is 0.268 e. The van der Waals surface area contributed by atoms with Crippen LogP contribution in [0.15, 0.2) is 60.4 Å². The second-order valence-corrected chi connectivity index (χ2v) is 15.0. The lowest BCUT2D eigenvalue weighted by Gasteiger charge is -2.26. The number of nitrogens with one attached hydrogen (secondary N) is 2. The minimum atomic E-state index is -0.299. The van der Waals surface area contributed by atoms with Crippen molar-refractivity contribution >= 4 is 40.1 Å². The lowest BCUT2D eigenvalue weighted by Crippen LogP contribution is -2.39. The average molecular weight is 627 g/mol. The van der Waals surface area contributed by atoms with Gasteiger partial charge in [0.1, 0.15) is 16.6 Å². The van der Waals surface area contributed by atoms with E-state index in [1.807, 2.05) is 49.7 Å². The van der Waals surface area contributed by atoms with Gasteiger partial charge in [0.15, 0.2) is 0 Å². The van der Waals surface area contributed by atoms with Crippen LogP contribution in [0.4, 0.5) is 5.95 Å². The first-order chi connectivity index (χ1) is 21.3. The maximum absolute atomic E-state index is 13.5. The highest BCUT2D eigenvalue weighted by molar-refractivity contribution is 7.16. The Morgan fingerprint density at radius 2 is 1.96 bits per heavy atom. The van der Waals surface area contributed by atoms with E-state index in [2.05, 4.69) is 54.7 Å². The van der Waals surface area contributed by atoms with Gasteiger partial charge < -0.3 is 14.8 Å². The minimum Gasteiger partial charge on any atom is -0.333 e. The molecule has 0 unspecified atom stereocenters. The molecule has 1 fully saturated rings. The number of likely N-dealkylation sites (tertiary alicyclic amines) is 1. The van der Waals surface area contributed by atoms with Gasteiger partial charge in [-0.05, 0) is 59.6 Å². The molecule has 0 radical (unpaired) electrons. The summed E-state index contributed by atoms with van der Waals surface area (Å²) in [7, 11) is 0. The molecule has 5 rings (SSSR count). The Hall–Kier alpha value is -4.27.